The Kier molecular flexibility index (Phi) is 6.37. The van der Waals surface area contributed by atoms with Crippen molar-refractivity contribution in [2.75, 3.05) is 22.7 Å². The summed E-state index contributed by atoms with van der Waals surface area (Å²) in [6.07, 6.45) is 0.394. The van der Waals surface area contributed by atoms with Crippen LogP contribution < -0.4 is 15.0 Å². The van der Waals surface area contributed by atoms with Gasteiger partial charge in [0.05, 0.1) is 6.04 Å². The van der Waals surface area contributed by atoms with E-state index in [0.29, 0.717) is 23.5 Å². The number of rotatable bonds is 5. The molecule has 1 aliphatic heterocycles. The Hall–Kier alpha value is -2.67. The summed E-state index contributed by atoms with van der Waals surface area (Å²) in [4.78, 5) is 30.7. The highest BCUT2D eigenvalue weighted by molar-refractivity contribution is 6.29. The highest BCUT2D eigenvalue weighted by Crippen LogP contribution is 2.36. The van der Waals surface area contributed by atoms with Crippen LogP contribution in [0.4, 0.5) is 15.9 Å². The summed E-state index contributed by atoms with van der Waals surface area (Å²) in [7, 11) is 0. The summed E-state index contributed by atoms with van der Waals surface area (Å²) in [5.74, 6) is -0.535. The van der Waals surface area contributed by atoms with Gasteiger partial charge in [0.15, 0.2) is 0 Å². The van der Waals surface area contributed by atoms with Crippen LogP contribution in [0.1, 0.15) is 31.9 Å². The van der Waals surface area contributed by atoms with Gasteiger partial charge in [-0.05, 0) is 30.7 Å². The Labute approximate surface area is 174 Å². The van der Waals surface area contributed by atoms with Gasteiger partial charge in [0, 0.05) is 17.9 Å². The van der Waals surface area contributed by atoms with Gasteiger partial charge in [-0.1, -0.05) is 26.0 Å². The molecule has 2 heterocycles. The number of ether oxygens (including phenoxy) is 1. The largest absolute Gasteiger partial charge is 0.474 e. The lowest BCUT2D eigenvalue weighted by Gasteiger charge is -2.34. The predicted octanol–water partition coefficient (Wildman–Crippen LogP) is 3.76. The van der Waals surface area contributed by atoms with Crippen LogP contribution in [-0.2, 0) is 16.0 Å². The predicted molar refractivity (Wildman–Crippen MR) is 110 cm³/mol. The molecule has 6 nitrogen and oxygen atoms in total. The van der Waals surface area contributed by atoms with Crippen molar-refractivity contribution in [2.45, 2.75) is 33.2 Å². The first-order valence-electron chi connectivity index (χ1n) is 9.40. The second kappa shape index (κ2) is 8.78. The molecule has 1 N–H and O–H groups in total. The molecule has 1 aromatic carbocycles. The van der Waals surface area contributed by atoms with Crippen LogP contribution in [0.3, 0.4) is 0 Å². The normalized spacial score (nSPS) is 15.7. The molecule has 0 bridgehead atoms. The third kappa shape index (κ3) is 4.67. The average Bonchev–Trinajstić information content (AvgIpc) is 2.69. The minimum Gasteiger partial charge on any atom is -0.474 e. The second-order valence-electron chi connectivity index (χ2n) is 7.32. The summed E-state index contributed by atoms with van der Waals surface area (Å²) in [6, 6.07) is 7.67. The summed E-state index contributed by atoms with van der Waals surface area (Å²) in [5.41, 5.74) is 2.04. The molecule has 2 amide bonds. The van der Waals surface area contributed by atoms with Crippen LogP contribution in [0.5, 0.6) is 5.88 Å². The first-order chi connectivity index (χ1) is 13.8. The minimum atomic E-state index is -0.327. The summed E-state index contributed by atoms with van der Waals surface area (Å²) < 4.78 is 19.0. The molecule has 1 aliphatic rings. The second-order valence-corrected chi connectivity index (χ2v) is 7.59. The molecular formula is C21H23ClFN3O3. The van der Waals surface area contributed by atoms with Crippen LogP contribution >= 0.6 is 11.6 Å². The van der Waals surface area contributed by atoms with E-state index in [9.17, 15) is 14.0 Å². The lowest BCUT2D eigenvalue weighted by atomic mass is 10.0. The van der Waals surface area contributed by atoms with E-state index in [2.05, 4.69) is 10.3 Å². The molecule has 0 radical (unpaired) electrons. The molecule has 1 aromatic heterocycles. The molecule has 29 heavy (non-hydrogen) atoms. The molecule has 0 saturated carbocycles. The van der Waals surface area contributed by atoms with Gasteiger partial charge in [0.2, 0.25) is 17.7 Å². The van der Waals surface area contributed by atoms with Crippen molar-refractivity contribution in [1.82, 2.24) is 4.98 Å². The average molecular weight is 420 g/mol. The number of carbonyl (C=O) groups excluding carboxylic acids is 2. The van der Waals surface area contributed by atoms with Crippen molar-refractivity contribution >= 4 is 34.9 Å². The van der Waals surface area contributed by atoms with Crippen LogP contribution in [-0.4, -0.2) is 35.3 Å². The van der Waals surface area contributed by atoms with E-state index in [0.717, 1.165) is 5.56 Å². The molecule has 1 atom stereocenters. The van der Waals surface area contributed by atoms with Gasteiger partial charge in [0.25, 0.3) is 0 Å². The van der Waals surface area contributed by atoms with Crippen LogP contribution in [0.15, 0.2) is 30.3 Å². The Morgan fingerprint density at radius 2 is 2.03 bits per heavy atom. The summed E-state index contributed by atoms with van der Waals surface area (Å²) in [6.45, 7) is 5.71. The van der Waals surface area contributed by atoms with Gasteiger partial charge in [-0.15, -0.1) is 11.6 Å². The van der Waals surface area contributed by atoms with Crippen molar-refractivity contribution in [2.24, 2.45) is 5.92 Å². The molecule has 3 rings (SSSR count). The number of hydrogen-bond acceptors (Lipinski definition) is 4. The topological polar surface area (TPSA) is 71.5 Å². The van der Waals surface area contributed by atoms with E-state index in [-0.39, 0.29) is 48.0 Å². The van der Waals surface area contributed by atoms with Crippen molar-refractivity contribution in [3.8, 4) is 5.88 Å². The summed E-state index contributed by atoms with van der Waals surface area (Å²) in [5, 5.41) is 2.83. The van der Waals surface area contributed by atoms with E-state index in [1.165, 1.54) is 12.1 Å². The SMILES string of the molecule is CC(C)C(=O)Nc1nc2c(cc1Cc1ccc(F)cc1)N(C(=O)CCl)C(C)CO2. The number of alkyl halides is 1. The molecule has 0 aliphatic carbocycles. The number of anilines is 2. The summed E-state index contributed by atoms with van der Waals surface area (Å²) >= 11 is 5.79. The fourth-order valence-electron chi connectivity index (χ4n) is 3.09. The molecule has 0 saturated heterocycles. The Morgan fingerprint density at radius 1 is 1.34 bits per heavy atom. The highest BCUT2D eigenvalue weighted by Gasteiger charge is 2.31. The zero-order valence-corrected chi connectivity index (χ0v) is 17.3. The smallest absolute Gasteiger partial charge is 0.242 e. The maximum absolute atomic E-state index is 13.3. The van der Waals surface area contributed by atoms with Crippen molar-refractivity contribution in [3.63, 3.8) is 0 Å². The van der Waals surface area contributed by atoms with E-state index < -0.39 is 0 Å². The molecule has 0 fully saturated rings. The highest BCUT2D eigenvalue weighted by atomic mass is 35.5. The molecule has 2 aromatic rings. The number of amides is 2. The maximum Gasteiger partial charge on any atom is 0.242 e. The number of fused-ring (bicyclic) bond motifs is 1. The third-order valence-corrected chi connectivity index (χ3v) is 4.89. The number of hydrogen-bond donors (Lipinski definition) is 1. The number of carbonyl (C=O) groups is 2. The number of benzene rings is 1. The van der Waals surface area contributed by atoms with Gasteiger partial charge in [-0.25, -0.2) is 4.39 Å². The number of pyridine rings is 1. The quantitative estimate of drug-likeness (QED) is 0.749. The van der Waals surface area contributed by atoms with E-state index >= 15 is 0 Å². The first kappa shape index (κ1) is 21.0. The van der Waals surface area contributed by atoms with Gasteiger partial charge < -0.3 is 15.0 Å². The van der Waals surface area contributed by atoms with Gasteiger partial charge in [-0.3, -0.25) is 9.59 Å². The van der Waals surface area contributed by atoms with E-state index in [4.69, 9.17) is 16.3 Å². The van der Waals surface area contributed by atoms with E-state index in [1.54, 1.807) is 36.9 Å². The minimum absolute atomic E-state index is 0.164. The van der Waals surface area contributed by atoms with Crippen LogP contribution in [0, 0.1) is 11.7 Å². The lowest BCUT2D eigenvalue weighted by molar-refractivity contribution is -0.119. The van der Waals surface area contributed by atoms with Crippen molar-refractivity contribution < 1.29 is 18.7 Å². The number of halogens is 2. The fourth-order valence-corrected chi connectivity index (χ4v) is 3.22. The van der Waals surface area contributed by atoms with E-state index in [1.807, 2.05) is 6.92 Å². The number of aromatic nitrogens is 1. The molecule has 154 valence electrons. The molecule has 8 heteroatoms. The fraction of sp³-hybridized carbons (Fsp3) is 0.381. The van der Waals surface area contributed by atoms with Gasteiger partial charge in [0.1, 0.15) is 29.8 Å². The Morgan fingerprint density at radius 3 is 2.66 bits per heavy atom. The van der Waals surface area contributed by atoms with Crippen molar-refractivity contribution in [3.05, 3.63) is 47.3 Å². The molecule has 1 unspecified atom stereocenters. The Balaban J connectivity index is 2.06. The third-order valence-electron chi connectivity index (χ3n) is 4.67. The van der Waals surface area contributed by atoms with Crippen LogP contribution in [0.25, 0.3) is 0 Å². The van der Waals surface area contributed by atoms with Crippen LogP contribution in [0.2, 0.25) is 0 Å². The van der Waals surface area contributed by atoms with Gasteiger partial charge in [-0.2, -0.15) is 4.98 Å². The van der Waals surface area contributed by atoms with Crippen molar-refractivity contribution in [1.29, 1.82) is 0 Å². The first-order valence-corrected chi connectivity index (χ1v) is 9.93. The number of nitrogens with zero attached hydrogens (tertiary/aromatic N) is 2. The Bertz CT molecular complexity index is 918. The monoisotopic (exact) mass is 419 g/mol. The molecule has 0 spiro atoms. The zero-order chi connectivity index (χ0) is 21.1. The lowest BCUT2D eigenvalue weighted by Crippen LogP contribution is -2.46. The van der Waals surface area contributed by atoms with Gasteiger partial charge >= 0.3 is 0 Å². The number of nitrogens with one attached hydrogen (secondary N) is 1. The molecular weight excluding hydrogens is 397 g/mol. The standard InChI is InChI=1S/C21H23ClFN3O3/c1-12(2)20(28)24-19-15(8-14-4-6-16(23)7-5-14)9-17-21(25-19)29-11-13(3)26(17)18(27)10-22/h4-7,9,12-13H,8,10-11H2,1-3H3,(H,24,25,28). The zero-order valence-electron chi connectivity index (χ0n) is 16.5. The maximum atomic E-state index is 13.3.